The number of aryl methyl sites for hydroxylation is 1. The summed E-state index contributed by atoms with van der Waals surface area (Å²) in [5, 5.41) is 0. The molecule has 3 aromatic heterocycles. The third-order valence-electron chi connectivity index (χ3n) is 4.92. The van der Waals surface area contributed by atoms with E-state index >= 15 is 0 Å². The fourth-order valence-electron chi connectivity index (χ4n) is 3.53. The topological polar surface area (TPSA) is 86.3 Å². The summed E-state index contributed by atoms with van der Waals surface area (Å²) in [6.07, 6.45) is 8.73. The van der Waals surface area contributed by atoms with E-state index in [1.807, 2.05) is 41.8 Å². The molecule has 0 N–H and O–H groups in total. The predicted octanol–water partition coefficient (Wildman–Crippen LogP) is 2.92. The molecule has 0 radical (unpaired) electrons. The van der Waals surface area contributed by atoms with Gasteiger partial charge in [-0.2, -0.15) is 0 Å². The van der Waals surface area contributed by atoms with Gasteiger partial charge in [0.05, 0.1) is 24.4 Å². The Bertz CT molecular complexity index is 951. The van der Waals surface area contributed by atoms with E-state index in [-0.39, 0.29) is 11.9 Å². The van der Waals surface area contributed by atoms with E-state index in [0.29, 0.717) is 30.6 Å². The molecule has 1 aliphatic rings. The Morgan fingerprint density at radius 2 is 2.29 bits per heavy atom. The Morgan fingerprint density at radius 1 is 1.39 bits per heavy atom. The van der Waals surface area contributed by atoms with Crippen molar-refractivity contribution >= 4 is 11.9 Å². The molecule has 1 saturated heterocycles. The van der Waals surface area contributed by atoms with Crippen LogP contribution in [0.2, 0.25) is 0 Å². The second-order valence-corrected chi connectivity index (χ2v) is 6.81. The van der Waals surface area contributed by atoms with Crippen LogP contribution in [-0.4, -0.2) is 45.2 Å². The van der Waals surface area contributed by atoms with Crippen LogP contribution in [0.5, 0.6) is 0 Å². The van der Waals surface area contributed by atoms with Crippen molar-refractivity contribution < 1.29 is 13.9 Å². The molecule has 0 amide bonds. The van der Waals surface area contributed by atoms with Gasteiger partial charge in [0.15, 0.2) is 5.76 Å². The summed E-state index contributed by atoms with van der Waals surface area (Å²) >= 11 is 0. The third-order valence-corrected chi connectivity index (χ3v) is 4.92. The van der Waals surface area contributed by atoms with E-state index < -0.39 is 0 Å². The minimum atomic E-state index is -0.154. The first-order valence-corrected chi connectivity index (χ1v) is 9.47. The molecule has 0 bridgehead atoms. The molecule has 146 valence electrons. The molecule has 3 aromatic rings. The summed E-state index contributed by atoms with van der Waals surface area (Å²) in [7, 11) is 1.93. The van der Waals surface area contributed by atoms with Crippen LogP contribution in [0.25, 0.3) is 22.8 Å². The minimum Gasteiger partial charge on any atom is -0.466 e. The highest BCUT2D eigenvalue weighted by Crippen LogP contribution is 2.31. The number of rotatable bonds is 5. The fraction of sp³-hybridized carbons (Fsp3) is 0.400. The Morgan fingerprint density at radius 3 is 3.00 bits per heavy atom. The number of carbonyl (C=O) groups excluding carboxylic acids is 1. The van der Waals surface area contributed by atoms with Gasteiger partial charge >= 0.3 is 5.97 Å². The summed E-state index contributed by atoms with van der Waals surface area (Å²) < 4.78 is 12.7. The Labute approximate surface area is 163 Å². The Balaban J connectivity index is 1.68. The highest BCUT2D eigenvalue weighted by atomic mass is 16.5. The predicted molar refractivity (Wildman–Crippen MR) is 104 cm³/mol. The molecule has 1 atom stereocenters. The normalized spacial score (nSPS) is 16.9. The van der Waals surface area contributed by atoms with Gasteiger partial charge in [0.25, 0.3) is 0 Å². The van der Waals surface area contributed by atoms with E-state index in [1.54, 1.807) is 18.7 Å². The van der Waals surface area contributed by atoms with Gasteiger partial charge in [-0.3, -0.25) is 4.79 Å². The van der Waals surface area contributed by atoms with Crippen molar-refractivity contribution in [1.82, 2.24) is 19.5 Å². The second-order valence-electron chi connectivity index (χ2n) is 6.81. The van der Waals surface area contributed by atoms with Crippen molar-refractivity contribution in [3.05, 3.63) is 37.0 Å². The molecule has 8 nitrogen and oxygen atoms in total. The zero-order valence-electron chi connectivity index (χ0n) is 16.0. The van der Waals surface area contributed by atoms with Crippen LogP contribution in [0.15, 0.2) is 41.4 Å². The number of aromatic nitrogens is 4. The lowest BCUT2D eigenvalue weighted by Gasteiger charge is -2.31. The first kappa shape index (κ1) is 18.2. The smallest absolute Gasteiger partial charge is 0.310 e. The van der Waals surface area contributed by atoms with Gasteiger partial charge in [-0.05, 0) is 31.9 Å². The molecular formula is C20H23N5O3. The van der Waals surface area contributed by atoms with Gasteiger partial charge in [-0.1, -0.05) is 0 Å². The van der Waals surface area contributed by atoms with Gasteiger partial charge < -0.3 is 18.6 Å². The molecule has 4 rings (SSSR count). The highest BCUT2D eigenvalue weighted by Gasteiger charge is 2.29. The monoisotopic (exact) mass is 381 g/mol. The second kappa shape index (κ2) is 7.84. The molecule has 0 spiro atoms. The van der Waals surface area contributed by atoms with Crippen LogP contribution >= 0.6 is 0 Å². The number of hydrogen-bond donors (Lipinski definition) is 0. The number of anilines is 1. The largest absolute Gasteiger partial charge is 0.466 e. The van der Waals surface area contributed by atoms with Crippen molar-refractivity contribution in [1.29, 1.82) is 0 Å². The summed E-state index contributed by atoms with van der Waals surface area (Å²) in [4.78, 5) is 28.0. The summed E-state index contributed by atoms with van der Waals surface area (Å²) in [6.45, 7) is 3.58. The average Bonchev–Trinajstić information content (AvgIpc) is 3.40. The number of imidazole rings is 1. The number of furan rings is 1. The summed E-state index contributed by atoms with van der Waals surface area (Å²) in [5.74, 6) is 1.70. The number of hydrogen-bond acceptors (Lipinski definition) is 7. The number of piperidine rings is 1. The molecule has 1 unspecified atom stereocenters. The van der Waals surface area contributed by atoms with Crippen molar-refractivity contribution in [2.45, 2.75) is 19.8 Å². The van der Waals surface area contributed by atoms with Crippen LogP contribution < -0.4 is 4.90 Å². The van der Waals surface area contributed by atoms with Crippen LogP contribution in [-0.2, 0) is 16.6 Å². The third kappa shape index (κ3) is 3.49. The number of carbonyl (C=O) groups is 1. The van der Waals surface area contributed by atoms with Gasteiger partial charge in [0.2, 0.25) is 5.95 Å². The maximum atomic E-state index is 12.2. The molecular weight excluding hydrogens is 358 g/mol. The van der Waals surface area contributed by atoms with Crippen LogP contribution in [0, 0.1) is 5.92 Å². The van der Waals surface area contributed by atoms with E-state index in [2.05, 4.69) is 9.97 Å². The van der Waals surface area contributed by atoms with Crippen molar-refractivity contribution in [3.8, 4) is 22.8 Å². The zero-order valence-corrected chi connectivity index (χ0v) is 16.0. The van der Waals surface area contributed by atoms with Crippen LogP contribution in [0.4, 0.5) is 5.95 Å². The molecule has 1 fully saturated rings. The SMILES string of the molecule is CCOC(=O)C1CCCN(c2ncc(-c3nccn3C)c(-c3ccco3)n2)C1. The molecule has 0 aromatic carbocycles. The van der Waals surface area contributed by atoms with E-state index in [0.717, 1.165) is 30.8 Å². The van der Waals surface area contributed by atoms with E-state index in [4.69, 9.17) is 14.1 Å². The van der Waals surface area contributed by atoms with E-state index in [1.165, 1.54) is 0 Å². The standard InChI is InChI=1S/C20H23N5O3/c1-3-27-19(26)14-6-4-9-25(13-14)20-22-12-15(18-21-8-10-24(18)2)17(23-20)16-7-5-11-28-16/h5,7-8,10-12,14H,3-4,6,9,13H2,1-2H3. The lowest BCUT2D eigenvalue weighted by atomic mass is 9.98. The molecule has 28 heavy (non-hydrogen) atoms. The molecule has 0 aliphatic carbocycles. The quantitative estimate of drug-likeness (QED) is 0.628. The molecule has 8 heteroatoms. The van der Waals surface area contributed by atoms with Gasteiger partial charge in [0.1, 0.15) is 11.5 Å². The first-order valence-electron chi connectivity index (χ1n) is 9.47. The number of ether oxygens (including phenoxy) is 1. The van der Waals surface area contributed by atoms with Crippen LogP contribution in [0.1, 0.15) is 19.8 Å². The van der Waals surface area contributed by atoms with Crippen molar-refractivity contribution in [3.63, 3.8) is 0 Å². The first-order chi connectivity index (χ1) is 13.7. The zero-order chi connectivity index (χ0) is 19.5. The molecule has 4 heterocycles. The van der Waals surface area contributed by atoms with Gasteiger partial charge in [-0.25, -0.2) is 15.0 Å². The Hall–Kier alpha value is -3.16. The number of nitrogens with zero attached hydrogens (tertiary/aromatic N) is 5. The maximum absolute atomic E-state index is 12.2. The molecule has 0 saturated carbocycles. The van der Waals surface area contributed by atoms with E-state index in [9.17, 15) is 4.79 Å². The lowest BCUT2D eigenvalue weighted by molar-refractivity contribution is -0.148. The van der Waals surface area contributed by atoms with Crippen molar-refractivity contribution in [2.75, 3.05) is 24.6 Å². The average molecular weight is 381 g/mol. The fourth-order valence-corrected chi connectivity index (χ4v) is 3.53. The minimum absolute atomic E-state index is 0.150. The molecule has 1 aliphatic heterocycles. The van der Waals surface area contributed by atoms with Gasteiger partial charge in [0, 0.05) is 38.7 Å². The summed E-state index contributed by atoms with van der Waals surface area (Å²) in [5.41, 5.74) is 1.48. The van der Waals surface area contributed by atoms with Crippen molar-refractivity contribution in [2.24, 2.45) is 13.0 Å². The lowest BCUT2D eigenvalue weighted by Crippen LogP contribution is -2.40. The highest BCUT2D eigenvalue weighted by molar-refractivity contribution is 5.76. The Kier molecular flexibility index (Phi) is 5.10. The van der Waals surface area contributed by atoms with Gasteiger partial charge in [-0.15, -0.1) is 0 Å². The summed E-state index contributed by atoms with van der Waals surface area (Å²) in [6, 6.07) is 3.70. The number of esters is 1. The van der Waals surface area contributed by atoms with Crippen LogP contribution in [0.3, 0.4) is 0 Å². The maximum Gasteiger partial charge on any atom is 0.310 e.